The van der Waals surface area contributed by atoms with E-state index in [1.165, 1.54) is 6.42 Å². The highest BCUT2D eigenvalue weighted by Crippen LogP contribution is 2.10. The predicted octanol–water partition coefficient (Wildman–Crippen LogP) is 2.54. The number of thioether (sulfide) groups is 1. The molecule has 52 valence electrons. The molecule has 0 spiro atoms. The van der Waals surface area contributed by atoms with Crippen LogP contribution in [-0.4, -0.2) is 11.5 Å². The van der Waals surface area contributed by atoms with E-state index in [0.717, 1.165) is 11.7 Å². The largest absolute Gasteiger partial charge is 0.162 e. The summed E-state index contributed by atoms with van der Waals surface area (Å²) in [4.78, 5) is 0. The van der Waals surface area contributed by atoms with Gasteiger partial charge >= 0.3 is 0 Å². The van der Waals surface area contributed by atoms with Gasteiger partial charge < -0.3 is 0 Å². The third kappa shape index (κ3) is 5.79. The van der Waals surface area contributed by atoms with Crippen molar-refractivity contribution in [3.05, 3.63) is 0 Å². The van der Waals surface area contributed by atoms with Crippen LogP contribution in [0.4, 0.5) is 0 Å². The summed E-state index contributed by atoms with van der Waals surface area (Å²) in [5, 5.41) is 0.769. The lowest BCUT2D eigenvalue weighted by atomic mass is 10.2. The van der Waals surface area contributed by atoms with Crippen molar-refractivity contribution in [2.24, 2.45) is 0 Å². The minimum atomic E-state index is 0.769. The summed E-state index contributed by atoms with van der Waals surface area (Å²) in [5.74, 6) is 5.94. The molecule has 0 rings (SSSR count). The average molecular weight is 142 g/mol. The lowest BCUT2D eigenvalue weighted by Crippen LogP contribution is -1.92. The SMILES string of the molecule is CC#CCCC(C)SC. The Labute approximate surface area is 62.4 Å². The highest BCUT2D eigenvalue weighted by Gasteiger charge is 1.94. The maximum Gasteiger partial charge on any atom is 0.00990 e. The van der Waals surface area contributed by atoms with Crippen LogP contribution in [0.15, 0.2) is 0 Å². The summed E-state index contributed by atoms with van der Waals surface area (Å²) in [6, 6.07) is 0. The first-order chi connectivity index (χ1) is 4.31. The van der Waals surface area contributed by atoms with Gasteiger partial charge in [0.2, 0.25) is 0 Å². The first-order valence-corrected chi connectivity index (χ1v) is 4.52. The molecule has 0 fully saturated rings. The van der Waals surface area contributed by atoms with Gasteiger partial charge in [0.25, 0.3) is 0 Å². The fraction of sp³-hybridized carbons (Fsp3) is 0.750. The van der Waals surface area contributed by atoms with E-state index in [4.69, 9.17) is 0 Å². The van der Waals surface area contributed by atoms with Gasteiger partial charge in [-0.3, -0.25) is 0 Å². The first-order valence-electron chi connectivity index (χ1n) is 3.23. The molecule has 0 N–H and O–H groups in total. The lowest BCUT2D eigenvalue weighted by Gasteiger charge is -2.02. The zero-order valence-electron chi connectivity index (χ0n) is 6.40. The Balaban J connectivity index is 3.13. The van der Waals surface area contributed by atoms with Gasteiger partial charge in [-0.2, -0.15) is 11.8 Å². The molecular formula is C8H14S. The molecule has 0 aromatic carbocycles. The molecule has 1 atom stereocenters. The summed E-state index contributed by atoms with van der Waals surface area (Å²) >= 11 is 1.91. The van der Waals surface area contributed by atoms with Gasteiger partial charge in [-0.25, -0.2) is 0 Å². The molecule has 1 heteroatoms. The molecule has 0 aromatic rings. The van der Waals surface area contributed by atoms with E-state index in [9.17, 15) is 0 Å². The Morgan fingerprint density at radius 3 is 2.67 bits per heavy atom. The molecule has 9 heavy (non-hydrogen) atoms. The van der Waals surface area contributed by atoms with Crippen LogP contribution < -0.4 is 0 Å². The van der Waals surface area contributed by atoms with Crippen molar-refractivity contribution in [2.75, 3.05) is 6.26 Å². The van der Waals surface area contributed by atoms with Gasteiger partial charge in [0, 0.05) is 11.7 Å². The number of hydrogen-bond acceptors (Lipinski definition) is 1. The fourth-order valence-corrected chi connectivity index (χ4v) is 0.872. The highest BCUT2D eigenvalue weighted by atomic mass is 32.2. The molecule has 0 saturated carbocycles. The normalized spacial score (nSPS) is 11.9. The zero-order valence-corrected chi connectivity index (χ0v) is 7.22. The van der Waals surface area contributed by atoms with Gasteiger partial charge in [0.15, 0.2) is 0 Å². The molecule has 0 aliphatic heterocycles. The van der Waals surface area contributed by atoms with E-state index >= 15 is 0 Å². The summed E-state index contributed by atoms with van der Waals surface area (Å²) in [5.41, 5.74) is 0. The van der Waals surface area contributed by atoms with Crippen LogP contribution in [0.25, 0.3) is 0 Å². The highest BCUT2D eigenvalue weighted by molar-refractivity contribution is 7.99. The third-order valence-corrected chi connectivity index (χ3v) is 2.30. The molecule has 0 heterocycles. The molecule has 0 bridgehead atoms. The van der Waals surface area contributed by atoms with E-state index in [1.807, 2.05) is 18.7 Å². The van der Waals surface area contributed by atoms with Crippen LogP contribution in [0.5, 0.6) is 0 Å². The zero-order chi connectivity index (χ0) is 7.11. The standard InChI is InChI=1S/C8H14S/c1-4-5-6-7-8(2)9-3/h8H,6-7H2,1-3H3. The van der Waals surface area contributed by atoms with Gasteiger partial charge in [0.1, 0.15) is 0 Å². The third-order valence-electron chi connectivity index (χ3n) is 1.26. The van der Waals surface area contributed by atoms with Crippen molar-refractivity contribution >= 4 is 11.8 Å². The Morgan fingerprint density at radius 2 is 2.22 bits per heavy atom. The monoisotopic (exact) mass is 142 g/mol. The predicted molar refractivity (Wildman–Crippen MR) is 45.7 cm³/mol. The van der Waals surface area contributed by atoms with Crippen LogP contribution in [0, 0.1) is 11.8 Å². The van der Waals surface area contributed by atoms with Crippen molar-refractivity contribution in [1.82, 2.24) is 0 Å². The molecule has 0 aliphatic carbocycles. The van der Waals surface area contributed by atoms with Crippen molar-refractivity contribution in [3.8, 4) is 11.8 Å². The van der Waals surface area contributed by atoms with Crippen LogP contribution in [0.1, 0.15) is 26.7 Å². The van der Waals surface area contributed by atoms with Gasteiger partial charge in [-0.1, -0.05) is 6.92 Å². The molecule has 0 nitrogen and oxygen atoms in total. The Morgan fingerprint density at radius 1 is 1.56 bits per heavy atom. The van der Waals surface area contributed by atoms with Crippen LogP contribution in [-0.2, 0) is 0 Å². The number of rotatable bonds is 3. The van der Waals surface area contributed by atoms with E-state index < -0.39 is 0 Å². The number of hydrogen-bond donors (Lipinski definition) is 0. The lowest BCUT2D eigenvalue weighted by molar-refractivity contribution is 0.848. The smallest absolute Gasteiger partial charge is 0.00990 e. The minimum Gasteiger partial charge on any atom is -0.162 e. The van der Waals surface area contributed by atoms with E-state index in [1.54, 1.807) is 0 Å². The molecule has 0 aliphatic rings. The van der Waals surface area contributed by atoms with E-state index in [2.05, 4.69) is 25.0 Å². The Bertz CT molecular complexity index is 107. The van der Waals surface area contributed by atoms with Crippen molar-refractivity contribution in [2.45, 2.75) is 31.9 Å². The molecule has 0 aromatic heterocycles. The second-order valence-electron chi connectivity index (χ2n) is 2.01. The second-order valence-corrected chi connectivity index (χ2v) is 3.29. The fourth-order valence-electron chi connectivity index (χ4n) is 0.518. The van der Waals surface area contributed by atoms with Crippen molar-refractivity contribution in [1.29, 1.82) is 0 Å². The van der Waals surface area contributed by atoms with Gasteiger partial charge in [0.05, 0.1) is 0 Å². The quantitative estimate of drug-likeness (QED) is 0.546. The molecule has 0 saturated heterocycles. The minimum absolute atomic E-state index is 0.769. The average Bonchev–Trinajstić information content (AvgIpc) is 1.89. The van der Waals surface area contributed by atoms with E-state index in [0.29, 0.717) is 0 Å². The van der Waals surface area contributed by atoms with Crippen LogP contribution >= 0.6 is 11.8 Å². The maximum absolute atomic E-state index is 3.05. The first kappa shape index (κ1) is 8.91. The Hall–Kier alpha value is -0.0900. The molecule has 1 unspecified atom stereocenters. The topological polar surface area (TPSA) is 0 Å². The molecular weight excluding hydrogens is 128 g/mol. The molecule has 0 amide bonds. The van der Waals surface area contributed by atoms with Gasteiger partial charge in [-0.15, -0.1) is 11.8 Å². The molecule has 0 radical (unpaired) electrons. The maximum atomic E-state index is 3.05. The second kappa shape index (κ2) is 6.04. The summed E-state index contributed by atoms with van der Waals surface area (Å²) in [7, 11) is 0. The summed E-state index contributed by atoms with van der Waals surface area (Å²) < 4.78 is 0. The van der Waals surface area contributed by atoms with Gasteiger partial charge in [-0.05, 0) is 19.6 Å². The van der Waals surface area contributed by atoms with Crippen LogP contribution in [0.3, 0.4) is 0 Å². The van der Waals surface area contributed by atoms with Crippen molar-refractivity contribution in [3.63, 3.8) is 0 Å². The summed E-state index contributed by atoms with van der Waals surface area (Å²) in [6.45, 7) is 4.13. The Kier molecular flexibility index (Phi) is 5.98. The van der Waals surface area contributed by atoms with Crippen molar-refractivity contribution < 1.29 is 0 Å². The van der Waals surface area contributed by atoms with Crippen LogP contribution in [0.2, 0.25) is 0 Å². The summed E-state index contributed by atoms with van der Waals surface area (Å²) in [6.07, 6.45) is 4.42. The van der Waals surface area contributed by atoms with E-state index in [-0.39, 0.29) is 0 Å².